The summed E-state index contributed by atoms with van der Waals surface area (Å²) in [6.45, 7) is 8.81. The standard InChI is InChI=1S/C21H25N5O/c1-13(2)26-20-18(12-24-26)17(21(27)23-11-15-9-22-10-15)8-19(25-20)16-7-5-4-6-14(16)3/h4-8,12-13,15,22H,9-11H2,1-3H3,(H,23,27). The third-order valence-electron chi connectivity index (χ3n) is 5.14. The Bertz CT molecular complexity index is 987. The number of rotatable bonds is 5. The summed E-state index contributed by atoms with van der Waals surface area (Å²) < 4.78 is 1.88. The number of nitrogens with one attached hydrogen (secondary N) is 2. The SMILES string of the molecule is Cc1ccccc1-c1cc(C(=O)NCC2CNC2)c2cnn(C(C)C)c2n1. The molecule has 1 aliphatic rings. The molecule has 2 aromatic heterocycles. The van der Waals surface area contributed by atoms with Gasteiger partial charge in [-0.05, 0) is 32.4 Å². The van der Waals surface area contributed by atoms with E-state index in [0.29, 0.717) is 18.0 Å². The van der Waals surface area contributed by atoms with Crippen molar-refractivity contribution in [2.45, 2.75) is 26.8 Å². The number of aryl methyl sites for hydroxylation is 1. The first kappa shape index (κ1) is 17.7. The van der Waals surface area contributed by atoms with Crippen molar-refractivity contribution in [1.29, 1.82) is 0 Å². The predicted octanol–water partition coefficient (Wildman–Crippen LogP) is 2.94. The number of benzene rings is 1. The van der Waals surface area contributed by atoms with Gasteiger partial charge in [0.25, 0.3) is 5.91 Å². The molecule has 140 valence electrons. The largest absolute Gasteiger partial charge is 0.352 e. The van der Waals surface area contributed by atoms with Gasteiger partial charge in [-0.25, -0.2) is 9.67 Å². The molecule has 0 aliphatic carbocycles. The lowest BCUT2D eigenvalue weighted by Crippen LogP contribution is -2.48. The first-order valence-electron chi connectivity index (χ1n) is 9.47. The molecule has 0 saturated carbocycles. The number of carbonyl (C=O) groups is 1. The quantitative estimate of drug-likeness (QED) is 0.731. The van der Waals surface area contributed by atoms with Crippen LogP contribution in [0, 0.1) is 12.8 Å². The van der Waals surface area contributed by atoms with Crippen LogP contribution in [0.3, 0.4) is 0 Å². The topological polar surface area (TPSA) is 71.8 Å². The number of aromatic nitrogens is 3. The maximum atomic E-state index is 13.0. The number of fused-ring (bicyclic) bond motifs is 1. The maximum Gasteiger partial charge on any atom is 0.252 e. The van der Waals surface area contributed by atoms with Crippen molar-refractivity contribution in [1.82, 2.24) is 25.4 Å². The summed E-state index contributed by atoms with van der Waals surface area (Å²) in [6.07, 6.45) is 1.75. The highest BCUT2D eigenvalue weighted by atomic mass is 16.1. The molecule has 4 rings (SSSR count). The summed E-state index contributed by atoms with van der Waals surface area (Å²) in [7, 11) is 0. The molecule has 1 aromatic carbocycles. The Morgan fingerprint density at radius 1 is 1.33 bits per heavy atom. The molecule has 3 heterocycles. The van der Waals surface area contributed by atoms with E-state index in [9.17, 15) is 4.79 Å². The number of pyridine rings is 1. The van der Waals surface area contributed by atoms with Crippen molar-refractivity contribution in [3.8, 4) is 11.3 Å². The minimum absolute atomic E-state index is 0.0626. The fourth-order valence-corrected chi connectivity index (χ4v) is 3.41. The van der Waals surface area contributed by atoms with E-state index in [1.165, 1.54) is 0 Å². The number of nitrogens with zero attached hydrogens (tertiary/aromatic N) is 3. The molecule has 0 bridgehead atoms. The van der Waals surface area contributed by atoms with Crippen LogP contribution in [0.5, 0.6) is 0 Å². The Hall–Kier alpha value is -2.73. The molecule has 27 heavy (non-hydrogen) atoms. The van der Waals surface area contributed by atoms with Gasteiger partial charge in [0.05, 0.1) is 22.8 Å². The van der Waals surface area contributed by atoms with Crippen molar-refractivity contribution < 1.29 is 4.79 Å². The average molecular weight is 363 g/mol. The lowest BCUT2D eigenvalue weighted by Gasteiger charge is -2.27. The smallest absolute Gasteiger partial charge is 0.252 e. The molecular formula is C21H25N5O. The van der Waals surface area contributed by atoms with Crippen LogP contribution < -0.4 is 10.6 Å². The molecule has 1 amide bonds. The van der Waals surface area contributed by atoms with Gasteiger partial charge in [0, 0.05) is 37.2 Å². The summed E-state index contributed by atoms with van der Waals surface area (Å²) in [5, 5.41) is 11.6. The summed E-state index contributed by atoms with van der Waals surface area (Å²) in [6, 6.07) is 10.2. The Balaban J connectivity index is 1.80. The van der Waals surface area contributed by atoms with Crippen LogP contribution in [0.15, 0.2) is 36.5 Å². The van der Waals surface area contributed by atoms with Crippen molar-refractivity contribution in [2.24, 2.45) is 5.92 Å². The molecule has 1 fully saturated rings. The van der Waals surface area contributed by atoms with Gasteiger partial charge in [-0.15, -0.1) is 0 Å². The summed E-state index contributed by atoms with van der Waals surface area (Å²) in [4.78, 5) is 17.8. The summed E-state index contributed by atoms with van der Waals surface area (Å²) in [5.74, 6) is 0.452. The zero-order valence-electron chi connectivity index (χ0n) is 16.0. The first-order valence-corrected chi connectivity index (χ1v) is 9.47. The van der Waals surface area contributed by atoms with Crippen LogP contribution in [-0.2, 0) is 0 Å². The minimum atomic E-state index is -0.0626. The highest BCUT2D eigenvalue weighted by Gasteiger charge is 2.21. The minimum Gasteiger partial charge on any atom is -0.352 e. The van der Waals surface area contributed by atoms with Gasteiger partial charge in [0.1, 0.15) is 0 Å². The van der Waals surface area contributed by atoms with Crippen molar-refractivity contribution in [3.63, 3.8) is 0 Å². The highest BCUT2D eigenvalue weighted by Crippen LogP contribution is 2.28. The lowest BCUT2D eigenvalue weighted by atomic mass is 10.0. The molecule has 2 N–H and O–H groups in total. The van der Waals surface area contributed by atoms with Crippen molar-refractivity contribution in [2.75, 3.05) is 19.6 Å². The normalized spacial score (nSPS) is 14.5. The molecule has 1 aliphatic heterocycles. The van der Waals surface area contributed by atoms with Gasteiger partial charge < -0.3 is 10.6 Å². The second kappa shape index (κ2) is 7.12. The monoisotopic (exact) mass is 363 g/mol. The zero-order chi connectivity index (χ0) is 19.0. The number of amides is 1. The van der Waals surface area contributed by atoms with Gasteiger partial charge in [0.2, 0.25) is 0 Å². The van der Waals surface area contributed by atoms with Crippen molar-refractivity contribution in [3.05, 3.63) is 47.7 Å². The van der Waals surface area contributed by atoms with Crippen LogP contribution in [0.2, 0.25) is 0 Å². The van der Waals surface area contributed by atoms with Crippen LogP contribution in [0.4, 0.5) is 0 Å². The van der Waals surface area contributed by atoms with Gasteiger partial charge in [-0.1, -0.05) is 24.3 Å². The van der Waals surface area contributed by atoms with Gasteiger partial charge in [-0.3, -0.25) is 4.79 Å². The van der Waals surface area contributed by atoms with E-state index in [0.717, 1.165) is 40.9 Å². The van der Waals surface area contributed by atoms with Gasteiger partial charge in [0.15, 0.2) is 5.65 Å². The van der Waals surface area contributed by atoms with E-state index in [4.69, 9.17) is 4.98 Å². The third kappa shape index (κ3) is 3.32. The molecule has 6 heteroatoms. The van der Waals surface area contributed by atoms with E-state index in [-0.39, 0.29) is 11.9 Å². The molecule has 0 unspecified atom stereocenters. The van der Waals surface area contributed by atoms with Crippen LogP contribution >= 0.6 is 0 Å². The molecule has 0 radical (unpaired) electrons. The van der Waals surface area contributed by atoms with E-state index >= 15 is 0 Å². The molecular weight excluding hydrogens is 338 g/mol. The van der Waals surface area contributed by atoms with Gasteiger partial charge >= 0.3 is 0 Å². The number of hydrogen-bond donors (Lipinski definition) is 2. The Morgan fingerprint density at radius 2 is 2.11 bits per heavy atom. The van der Waals surface area contributed by atoms with E-state index < -0.39 is 0 Å². The summed E-state index contributed by atoms with van der Waals surface area (Å²) >= 11 is 0. The first-order chi connectivity index (χ1) is 13.0. The number of hydrogen-bond acceptors (Lipinski definition) is 4. The Labute approximate surface area is 159 Å². The number of carbonyl (C=O) groups excluding carboxylic acids is 1. The van der Waals surface area contributed by atoms with Crippen LogP contribution in [0.1, 0.15) is 35.8 Å². The predicted molar refractivity (Wildman–Crippen MR) is 107 cm³/mol. The second-order valence-electron chi connectivity index (χ2n) is 7.52. The molecule has 6 nitrogen and oxygen atoms in total. The van der Waals surface area contributed by atoms with Crippen LogP contribution in [0.25, 0.3) is 22.3 Å². The van der Waals surface area contributed by atoms with E-state index in [1.54, 1.807) is 6.20 Å². The van der Waals surface area contributed by atoms with E-state index in [1.807, 2.05) is 28.9 Å². The fourth-order valence-electron chi connectivity index (χ4n) is 3.41. The maximum absolute atomic E-state index is 13.0. The highest BCUT2D eigenvalue weighted by molar-refractivity contribution is 6.06. The molecule has 1 saturated heterocycles. The third-order valence-corrected chi connectivity index (χ3v) is 5.14. The molecule has 0 atom stereocenters. The lowest BCUT2D eigenvalue weighted by molar-refractivity contribution is 0.0944. The summed E-state index contributed by atoms with van der Waals surface area (Å²) in [5.41, 5.74) is 4.36. The molecule has 3 aromatic rings. The average Bonchev–Trinajstić information content (AvgIpc) is 3.04. The fraction of sp³-hybridized carbons (Fsp3) is 0.381. The van der Waals surface area contributed by atoms with Crippen LogP contribution in [-0.4, -0.2) is 40.3 Å². The molecule has 0 spiro atoms. The van der Waals surface area contributed by atoms with Gasteiger partial charge in [-0.2, -0.15) is 5.10 Å². The Morgan fingerprint density at radius 3 is 2.78 bits per heavy atom. The van der Waals surface area contributed by atoms with Crippen molar-refractivity contribution >= 4 is 16.9 Å². The second-order valence-corrected chi connectivity index (χ2v) is 7.52. The van der Waals surface area contributed by atoms with E-state index in [2.05, 4.69) is 42.6 Å². The Kier molecular flexibility index (Phi) is 4.66. The zero-order valence-corrected chi connectivity index (χ0v) is 16.0.